The van der Waals surface area contributed by atoms with Crippen LogP contribution in [0.4, 0.5) is 0 Å². The topological polar surface area (TPSA) is 57.7 Å². The summed E-state index contributed by atoms with van der Waals surface area (Å²) in [6.45, 7) is 3.54. The van der Waals surface area contributed by atoms with Crippen molar-refractivity contribution >= 4 is 26.7 Å². The minimum absolute atomic E-state index is 0.0779. The van der Waals surface area contributed by atoms with E-state index >= 15 is 0 Å². The Morgan fingerprint density at radius 2 is 1.50 bits per heavy atom. The Hall–Kier alpha value is -2.70. The lowest BCUT2D eigenvalue weighted by atomic mass is 9.97. The van der Waals surface area contributed by atoms with E-state index in [0.29, 0.717) is 37.5 Å². The van der Waals surface area contributed by atoms with Gasteiger partial charge in [-0.25, -0.2) is 8.42 Å². The van der Waals surface area contributed by atoms with E-state index in [0.717, 1.165) is 16.3 Å². The van der Waals surface area contributed by atoms with Gasteiger partial charge in [-0.1, -0.05) is 67.6 Å². The van der Waals surface area contributed by atoms with E-state index in [-0.39, 0.29) is 11.8 Å². The van der Waals surface area contributed by atoms with Crippen LogP contribution in [0.15, 0.2) is 77.7 Å². The molecule has 1 atom stereocenters. The highest BCUT2D eigenvalue weighted by atomic mass is 32.2. The second-order valence-corrected chi connectivity index (χ2v) is 9.75. The normalized spacial score (nSPS) is 16.5. The Bertz CT molecular complexity index is 1140. The highest BCUT2D eigenvalue weighted by Gasteiger charge is 2.30. The molecular formula is C24H26N2O3S. The van der Waals surface area contributed by atoms with E-state index in [9.17, 15) is 13.2 Å². The molecule has 5 nitrogen and oxygen atoms in total. The summed E-state index contributed by atoms with van der Waals surface area (Å²) in [5, 5.41) is 1.92. The minimum atomic E-state index is -3.57. The lowest BCUT2D eigenvalue weighted by Crippen LogP contribution is -2.50. The Balaban J connectivity index is 1.40. The number of rotatable bonds is 5. The van der Waals surface area contributed by atoms with E-state index in [1.807, 2.05) is 67.6 Å². The summed E-state index contributed by atoms with van der Waals surface area (Å²) in [4.78, 5) is 14.8. The molecule has 0 N–H and O–H groups in total. The summed E-state index contributed by atoms with van der Waals surface area (Å²) in [6, 6.07) is 22.9. The van der Waals surface area contributed by atoms with Gasteiger partial charge in [-0.3, -0.25) is 4.79 Å². The molecule has 0 unspecified atom stereocenters. The third-order valence-corrected chi connectivity index (χ3v) is 7.69. The zero-order valence-corrected chi connectivity index (χ0v) is 17.9. The number of hydrogen-bond donors (Lipinski definition) is 0. The molecule has 4 rings (SSSR count). The summed E-state index contributed by atoms with van der Waals surface area (Å²) in [5.74, 6) is 0.215. The van der Waals surface area contributed by atoms with Crippen LogP contribution < -0.4 is 0 Å². The first kappa shape index (κ1) is 20.6. The number of piperazine rings is 1. The van der Waals surface area contributed by atoms with Gasteiger partial charge in [0.25, 0.3) is 0 Å². The maximum absolute atomic E-state index is 13.1. The van der Waals surface area contributed by atoms with Crippen LogP contribution in [0.3, 0.4) is 0 Å². The van der Waals surface area contributed by atoms with Crippen molar-refractivity contribution in [2.45, 2.75) is 24.2 Å². The van der Waals surface area contributed by atoms with Crippen molar-refractivity contribution in [2.24, 2.45) is 0 Å². The van der Waals surface area contributed by atoms with Crippen molar-refractivity contribution in [1.82, 2.24) is 9.21 Å². The first-order chi connectivity index (χ1) is 14.4. The van der Waals surface area contributed by atoms with E-state index in [2.05, 4.69) is 0 Å². The summed E-state index contributed by atoms with van der Waals surface area (Å²) < 4.78 is 27.7. The van der Waals surface area contributed by atoms with Gasteiger partial charge < -0.3 is 4.90 Å². The highest BCUT2D eigenvalue weighted by Crippen LogP contribution is 2.24. The molecular weight excluding hydrogens is 396 g/mol. The monoisotopic (exact) mass is 422 g/mol. The van der Waals surface area contributed by atoms with Crippen molar-refractivity contribution in [2.75, 3.05) is 26.2 Å². The Morgan fingerprint density at radius 1 is 0.867 bits per heavy atom. The molecule has 0 bridgehead atoms. The van der Waals surface area contributed by atoms with Gasteiger partial charge in [-0.2, -0.15) is 4.31 Å². The number of hydrogen-bond acceptors (Lipinski definition) is 3. The average molecular weight is 423 g/mol. The van der Waals surface area contributed by atoms with Crippen LogP contribution in [0.5, 0.6) is 0 Å². The maximum Gasteiger partial charge on any atom is 0.243 e. The van der Waals surface area contributed by atoms with Gasteiger partial charge >= 0.3 is 0 Å². The van der Waals surface area contributed by atoms with Crippen molar-refractivity contribution < 1.29 is 13.2 Å². The lowest BCUT2D eigenvalue weighted by Gasteiger charge is -2.34. The predicted molar refractivity (Wildman–Crippen MR) is 119 cm³/mol. The number of benzene rings is 3. The maximum atomic E-state index is 13.1. The van der Waals surface area contributed by atoms with Crippen molar-refractivity contribution in [3.05, 3.63) is 78.4 Å². The number of carbonyl (C=O) groups excluding carboxylic acids is 1. The van der Waals surface area contributed by atoms with Crippen LogP contribution in [-0.4, -0.2) is 49.7 Å². The molecule has 0 saturated carbocycles. The minimum Gasteiger partial charge on any atom is -0.340 e. The van der Waals surface area contributed by atoms with E-state index in [1.54, 1.807) is 17.0 Å². The van der Waals surface area contributed by atoms with Crippen LogP contribution in [0.25, 0.3) is 10.8 Å². The van der Waals surface area contributed by atoms with Crippen molar-refractivity contribution in [3.8, 4) is 0 Å². The zero-order chi connectivity index (χ0) is 21.1. The molecule has 1 aliphatic heterocycles. The Kier molecular flexibility index (Phi) is 5.88. The lowest BCUT2D eigenvalue weighted by molar-refractivity contribution is -0.132. The smallest absolute Gasteiger partial charge is 0.243 e. The first-order valence-corrected chi connectivity index (χ1v) is 11.7. The third-order valence-electron chi connectivity index (χ3n) is 5.80. The van der Waals surface area contributed by atoms with Gasteiger partial charge in [-0.15, -0.1) is 0 Å². The molecule has 1 aliphatic rings. The molecule has 3 aromatic rings. The van der Waals surface area contributed by atoms with Crippen LogP contribution in [-0.2, 0) is 14.8 Å². The highest BCUT2D eigenvalue weighted by molar-refractivity contribution is 7.89. The van der Waals surface area contributed by atoms with Gasteiger partial charge in [0, 0.05) is 32.6 Å². The van der Waals surface area contributed by atoms with Gasteiger partial charge in [-0.05, 0) is 34.4 Å². The molecule has 1 amide bonds. The van der Waals surface area contributed by atoms with Crippen molar-refractivity contribution in [3.63, 3.8) is 0 Å². The SMILES string of the molecule is C[C@@H](CC(=O)N1CCN(S(=O)(=O)c2ccc3ccccc3c2)CC1)c1ccccc1. The molecule has 30 heavy (non-hydrogen) atoms. The van der Waals surface area contributed by atoms with Gasteiger partial charge in [0.05, 0.1) is 4.90 Å². The number of carbonyl (C=O) groups is 1. The summed E-state index contributed by atoms with van der Waals surface area (Å²) in [6.07, 6.45) is 0.432. The standard InChI is InChI=1S/C24H26N2O3S/c1-19(20-7-3-2-4-8-20)17-24(27)25-13-15-26(16-14-25)30(28,29)23-12-11-21-9-5-6-10-22(21)18-23/h2-12,18-19H,13-17H2,1H3/t19-/m0/s1. The summed E-state index contributed by atoms with van der Waals surface area (Å²) >= 11 is 0. The molecule has 1 fully saturated rings. The Morgan fingerprint density at radius 3 is 2.20 bits per heavy atom. The molecule has 3 aromatic carbocycles. The predicted octanol–water partition coefficient (Wildman–Crippen LogP) is 3.87. The van der Waals surface area contributed by atoms with Gasteiger partial charge in [0.1, 0.15) is 0 Å². The average Bonchev–Trinajstić information content (AvgIpc) is 2.79. The fraction of sp³-hybridized carbons (Fsp3) is 0.292. The first-order valence-electron chi connectivity index (χ1n) is 10.3. The van der Waals surface area contributed by atoms with Crippen LogP contribution in [0.1, 0.15) is 24.8 Å². The van der Waals surface area contributed by atoms with Crippen LogP contribution in [0.2, 0.25) is 0 Å². The second kappa shape index (κ2) is 8.58. The van der Waals surface area contributed by atoms with E-state index < -0.39 is 10.0 Å². The molecule has 1 saturated heterocycles. The number of nitrogens with zero attached hydrogens (tertiary/aromatic N) is 2. The van der Waals surface area contributed by atoms with Crippen LogP contribution in [0, 0.1) is 0 Å². The zero-order valence-electron chi connectivity index (χ0n) is 17.1. The third kappa shape index (κ3) is 4.25. The molecule has 6 heteroatoms. The van der Waals surface area contributed by atoms with E-state index in [1.165, 1.54) is 4.31 Å². The molecule has 1 heterocycles. The molecule has 0 spiro atoms. The molecule has 0 aliphatic carbocycles. The summed E-state index contributed by atoms with van der Waals surface area (Å²) in [7, 11) is -3.57. The molecule has 0 aromatic heterocycles. The largest absolute Gasteiger partial charge is 0.340 e. The van der Waals surface area contributed by atoms with Gasteiger partial charge in [0.15, 0.2) is 0 Å². The van der Waals surface area contributed by atoms with Crippen LogP contribution >= 0.6 is 0 Å². The fourth-order valence-electron chi connectivity index (χ4n) is 3.95. The summed E-state index contributed by atoms with van der Waals surface area (Å²) in [5.41, 5.74) is 1.14. The van der Waals surface area contributed by atoms with Gasteiger partial charge in [0.2, 0.25) is 15.9 Å². The van der Waals surface area contributed by atoms with E-state index in [4.69, 9.17) is 0 Å². The molecule has 156 valence electrons. The fourth-order valence-corrected chi connectivity index (χ4v) is 5.40. The Labute approximate surface area is 178 Å². The van der Waals surface area contributed by atoms with Crippen molar-refractivity contribution in [1.29, 1.82) is 0 Å². The quantitative estimate of drug-likeness (QED) is 0.627. The second-order valence-electron chi connectivity index (χ2n) is 7.81. The number of amides is 1. The molecule has 0 radical (unpaired) electrons. The number of sulfonamides is 1. The number of fused-ring (bicyclic) bond motifs is 1.